The van der Waals surface area contributed by atoms with Crippen molar-refractivity contribution >= 4 is 17.8 Å². The van der Waals surface area contributed by atoms with Crippen LogP contribution in [0.4, 0.5) is 5.69 Å². The molecule has 0 radical (unpaired) electrons. The molecule has 0 atom stereocenters. The van der Waals surface area contributed by atoms with Crippen LogP contribution >= 0.6 is 0 Å². The molecule has 2 nitrogen and oxygen atoms in total. The average Bonchev–Trinajstić information content (AvgIpc) is 2.47. The third kappa shape index (κ3) is 3.58. The topological polar surface area (TPSA) is 7.12 Å². The van der Waals surface area contributed by atoms with Crippen LogP contribution in [0.1, 0.15) is 11.3 Å². The van der Waals surface area contributed by atoms with Gasteiger partial charge in [0.25, 0.3) is 0 Å². The van der Waals surface area contributed by atoms with Crippen molar-refractivity contribution in [1.29, 1.82) is 0 Å². The molecular weight excluding hydrogens is 244 g/mol. The van der Waals surface area contributed by atoms with Gasteiger partial charge in [-0.25, -0.2) is 0 Å². The highest BCUT2D eigenvalue weighted by molar-refractivity contribution is 5.68. The van der Waals surface area contributed by atoms with Gasteiger partial charge in [0.2, 0.25) is 5.69 Å². The van der Waals surface area contributed by atoms with Crippen LogP contribution in [-0.2, 0) is 6.54 Å². The number of allylic oxidation sites excluding steroid dienone is 1. The SMILES string of the molecule is C=CC[n+]1ccccc1/C=C/c1ccc(N(C)C)cc1. The normalized spacial score (nSPS) is 10.7. The van der Waals surface area contributed by atoms with Gasteiger partial charge in [0, 0.05) is 38.0 Å². The molecule has 0 saturated carbocycles. The standard InChI is InChI=1S/C18H21N2/c1-4-14-20-15-6-5-7-18(20)13-10-16-8-11-17(12-9-16)19(2)3/h4-13,15H,1,14H2,2-3H3/q+1. The highest BCUT2D eigenvalue weighted by Gasteiger charge is 2.03. The van der Waals surface area contributed by atoms with Gasteiger partial charge in [-0.1, -0.05) is 18.7 Å². The van der Waals surface area contributed by atoms with Crippen LogP contribution in [0.15, 0.2) is 61.3 Å². The van der Waals surface area contributed by atoms with Crippen LogP contribution in [0.5, 0.6) is 0 Å². The van der Waals surface area contributed by atoms with Gasteiger partial charge in [-0.15, -0.1) is 0 Å². The average molecular weight is 265 g/mol. The number of hydrogen-bond acceptors (Lipinski definition) is 1. The Labute approximate surface area is 121 Å². The van der Waals surface area contributed by atoms with Gasteiger partial charge in [-0.05, 0) is 35.9 Å². The Hall–Kier alpha value is -2.35. The molecule has 0 aliphatic rings. The maximum absolute atomic E-state index is 3.79. The summed E-state index contributed by atoms with van der Waals surface area (Å²) in [6, 6.07) is 14.7. The molecule has 20 heavy (non-hydrogen) atoms. The number of nitrogens with zero attached hydrogens (tertiary/aromatic N) is 2. The van der Waals surface area contributed by atoms with Gasteiger partial charge in [0.1, 0.15) is 0 Å². The van der Waals surface area contributed by atoms with E-state index in [4.69, 9.17) is 0 Å². The quantitative estimate of drug-likeness (QED) is 0.593. The summed E-state index contributed by atoms with van der Waals surface area (Å²) < 4.78 is 2.16. The smallest absolute Gasteiger partial charge is 0.205 e. The number of pyridine rings is 1. The van der Waals surface area contributed by atoms with E-state index in [2.05, 4.69) is 70.8 Å². The van der Waals surface area contributed by atoms with Crippen molar-refractivity contribution < 1.29 is 4.57 Å². The monoisotopic (exact) mass is 265 g/mol. The molecule has 0 spiro atoms. The van der Waals surface area contributed by atoms with Gasteiger partial charge < -0.3 is 4.90 Å². The van der Waals surface area contributed by atoms with E-state index >= 15 is 0 Å². The van der Waals surface area contributed by atoms with Gasteiger partial charge in [-0.3, -0.25) is 0 Å². The number of hydrogen-bond donors (Lipinski definition) is 0. The zero-order chi connectivity index (χ0) is 14.4. The first-order chi connectivity index (χ1) is 9.70. The lowest BCUT2D eigenvalue weighted by molar-refractivity contribution is -0.688. The Kier molecular flexibility index (Phi) is 4.72. The van der Waals surface area contributed by atoms with Crippen molar-refractivity contribution in [3.8, 4) is 0 Å². The van der Waals surface area contributed by atoms with E-state index in [9.17, 15) is 0 Å². The second kappa shape index (κ2) is 6.71. The van der Waals surface area contributed by atoms with Crippen LogP contribution in [-0.4, -0.2) is 14.1 Å². The van der Waals surface area contributed by atoms with Gasteiger partial charge >= 0.3 is 0 Å². The summed E-state index contributed by atoms with van der Waals surface area (Å²) >= 11 is 0. The molecule has 0 aliphatic carbocycles. The van der Waals surface area contributed by atoms with Crippen molar-refractivity contribution in [3.63, 3.8) is 0 Å². The minimum absolute atomic E-state index is 0.820. The Morgan fingerprint density at radius 3 is 2.45 bits per heavy atom. The largest absolute Gasteiger partial charge is 0.378 e. The molecule has 1 aromatic heterocycles. The molecule has 2 heteroatoms. The van der Waals surface area contributed by atoms with E-state index in [1.165, 1.54) is 16.9 Å². The summed E-state index contributed by atoms with van der Waals surface area (Å²) in [6.45, 7) is 4.61. The van der Waals surface area contributed by atoms with Gasteiger partial charge in [-0.2, -0.15) is 4.57 Å². The molecule has 0 amide bonds. The minimum Gasteiger partial charge on any atom is -0.378 e. The summed E-state index contributed by atoms with van der Waals surface area (Å²) in [5, 5.41) is 0. The molecule has 102 valence electrons. The summed E-state index contributed by atoms with van der Waals surface area (Å²) in [4.78, 5) is 2.10. The Bertz CT molecular complexity index is 595. The molecule has 0 bridgehead atoms. The Morgan fingerprint density at radius 2 is 1.80 bits per heavy atom. The molecule has 1 heterocycles. The lowest BCUT2D eigenvalue weighted by atomic mass is 10.1. The first-order valence-corrected chi connectivity index (χ1v) is 6.75. The molecule has 0 fully saturated rings. The van der Waals surface area contributed by atoms with Crippen LogP contribution < -0.4 is 9.47 Å². The van der Waals surface area contributed by atoms with E-state index in [-0.39, 0.29) is 0 Å². The van der Waals surface area contributed by atoms with Crippen molar-refractivity contribution in [3.05, 3.63) is 72.6 Å². The van der Waals surface area contributed by atoms with E-state index in [0.29, 0.717) is 0 Å². The number of aromatic nitrogens is 1. The first-order valence-electron chi connectivity index (χ1n) is 6.75. The zero-order valence-electron chi connectivity index (χ0n) is 12.2. The molecule has 1 aromatic carbocycles. The molecule has 0 aliphatic heterocycles. The fraction of sp³-hybridized carbons (Fsp3) is 0.167. The van der Waals surface area contributed by atoms with Crippen LogP contribution in [0, 0.1) is 0 Å². The Balaban J connectivity index is 2.18. The molecule has 0 unspecified atom stereocenters. The summed E-state index contributed by atoms with van der Waals surface area (Å²) in [5.74, 6) is 0. The van der Waals surface area contributed by atoms with Crippen molar-refractivity contribution in [1.82, 2.24) is 0 Å². The van der Waals surface area contributed by atoms with Crippen LogP contribution in [0.25, 0.3) is 12.2 Å². The fourth-order valence-corrected chi connectivity index (χ4v) is 2.01. The predicted molar refractivity (Wildman–Crippen MR) is 86.5 cm³/mol. The highest BCUT2D eigenvalue weighted by Crippen LogP contribution is 2.13. The van der Waals surface area contributed by atoms with E-state index < -0.39 is 0 Å². The van der Waals surface area contributed by atoms with Gasteiger partial charge in [0.15, 0.2) is 12.7 Å². The summed E-state index contributed by atoms with van der Waals surface area (Å²) in [6.07, 6.45) is 8.24. The minimum atomic E-state index is 0.820. The second-order valence-corrected chi connectivity index (χ2v) is 4.89. The number of anilines is 1. The van der Waals surface area contributed by atoms with Crippen LogP contribution in [0.3, 0.4) is 0 Å². The summed E-state index contributed by atoms with van der Waals surface area (Å²) in [7, 11) is 4.10. The first kappa shape index (κ1) is 14.1. The fourth-order valence-electron chi connectivity index (χ4n) is 2.01. The molecule has 0 N–H and O–H groups in total. The lowest BCUT2D eigenvalue weighted by Gasteiger charge is -2.11. The maximum atomic E-state index is 3.79. The predicted octanol–water partition coefficient (Wildman–Crippen LogP) is 3.40. The van der Waals surface area contributed by atoms with Gasteiger partial charge in [0.05, 0.1) is 0 Å². The zero-order valence-corrected chi connectivity index (χ0v) is 12.2. The molecule has 2 aromatic rings. The van der Waals surface area contributed by atoms with E-state index in [1.807, 2.05) is 26.2 Å². The van der Waals surface area contributed by atoms with Crippen molar-refractivity contribution in [2.24, 2.45) is 0 Å². The van der Waals surface area contributed by atoms with Crippen molar-refractivity contribution in [2.45, 2.75) is 6.54 Å². The number of rotatable bonds is 5. The number of benzene rings is 1. The lowest BCUT2D eigenvalue weighted by Crippen LogP contribution is -2.35. The van der Waals surface area contributed by atoms with Crippen LogP contribution in [0.2, 0.25) is 0 Å². The Morgan fingerprint density at radius 1 is 1.05 bits per heavy atom. The van der Waals surface area contributed by atoms with E-state index in [1.54, 1.807) is 0 Å². The van der Waals surface area contributed by atoms with E-state index in [0.717, 1.165) is 6.54 Å². The molecule has 2 rings (SSSR count). The maximum Gasteiger partial charge on any atom is 0.205 e. The molecular formula is C18H21N2+. The van der Waals surface area contributed by atoms with Crippen molar-refractivity contribution in [2.75, 3.05) is 19.0 Å². The molecule has 0 saturated heterocycles. The third-order valence-electron chi connectivity index (χ3n) is 3.16. The second-order valence-electron chi connectivity index (χ2n) is 4.89. The highest BCUT2D eigenvalue weighted by atomic mass is 15.1. The summed E-state index contributed by atoms with van der Waals surface area (Å²) in [5.41, 5.74) is 3.58. The third-order valence-corrected chi connectivity index (χ3v) is 3.16.